The zero-order valence-corrected chi connectivity index (χ0v) is 23.8. The summed E-state index contributed by atoms with van der Waals surface area (Å²) in [4.78, 5) is 29.7. The number of hydrogen-bond donors (Lipinski definition) is 5. The van der Waals surface area contributed by atoms with Crippen LogP contribution < -0.4 is 21.3 Å². The van der Waals surface area contributed by atoms with Gasteiger partial charge in [-0.3, -0.25) is 9.59 Å². The van der Waals surface area contributed by atoms with Gasteiger partial charge in [0.05, 0.1) is 24.9 Å². The van der Waals surface area contributed by atoms with E-state index in [1.54, 1.807) is 18.2 Å². The number of anilines is 1. The second-order valence-electron chi connectivity index (χ2n) is 10.4. The van der Waals surface area contributed by atoms with E-state index in [-0.39, 0.29) is 36.2 Å². The molecule has 0 spiro atoms. The zero-order valence-electron chi connectivity index (χ0n) is 23.8. The minimum absolute atomic E-state index is 0.0274. The van der Waals surface area contributed by atoms with Crippen LogP contribution in [0.3, 0.4) is 0 Å². The first-order chi connectivity index (χ1) is 19.6. The van der Waals surface area contributed by atoms with Crippen molar-refractivity contribution in [2.24, 2.45) is 10.4 Å². The average molecular weight is 556 g/mol. The van der Waals surface area contributed by atoms with Crippen molar-refractivity contribution in [2.45, 2.75) is 45.8 Å². The monoisotopic (exact) mass is 555 g/mol. The fourth-order valence-corrected chi connectivity index (χ4v) is 4.91. The molecule has 0 bridgehead atoms. The molecule has 1 aliphatic carbocycles. The second kappa shape index (κ2) is 12.6. The highest BCUT2D eigenvalue weighted by Gasteiger charge is 2.36. The van der Waals surface area contributed by atoms with Crippen LogP contribution in [-0.2, 0) is 16.1 Å². The van der Waals surface area contributed by atoms with Crippen molar-refractivity contribution in [3.63, 3.8) is 0 Å². The van der Waals surface area contributed by atoms with E-state index in [0.717, 1.165) is 16.8 Å². The molecular weight excluding hydrogens is 518 g/mol. The number of nitrogens with one attached hydrogen (secondary N) is 4. The number of allylic oxidation sites excluding steroid dienone is 2. The number of carbonyl (C=O) groups excluding carboxylic acids is 2. The summed E-state index contributed by atoms with van der Waals surface area (Å²) in [6.07, 6.45) is 7.32. The topological polar surface area (TPSA) is 124 Å². The maximum atomic E-state index is 12.9. The summed E-state index contributed by atoms with van der Waals surface area (Å²) >= 11 is 0. The van der Waals surface area contributed by atoms with E-state index in [9.17, 15) is 14.7 Å². The van der Waals surface area contributed by atoms with Gasteiger partial charge in [0.25, 0.3) is 5.91 Å². The van der Waals surface area contributed by atoms with Crippen LogP contribution in [0.4, 0.5) is 5.69 Å². The molecule has 4 rings (SSSR count). The summed E-state index contributed by atoms with van der Waals surface area (Å²) in [5.41, 5.74) is 3.33. The Bertz CT molecular complexity index is 1440. The highest BCUT2D eigenvalue weighted by atomic mass is 16.5. The molecule has 5 N–H and O–H groups in total. The zero-order chi connectivity index (χ0) is 29.6. The van der Waals surface area contributed by atoms with Crippen molar-refractivity contribution in [3.8, 4) is 0 Å². The number of aliphatic imine (C=N–C) groups is 1. The van der Waals surface area contributed by atoms with Crippen molar-refractivity contribution in [1.29, 1.82) is 0 Å². The Balaban J connectivity index is 1.58. The highest BCUT2D eigenvalue weighted by molar-refractivity contribution is 6.04. The number of carbonyl (C=O) groups is 2. The Morgan fingerprint density at radius 1 is 1.27 bits per heavy atom. The van der Waals surface area contributed by atoms with E-state index in [2.05, 4.69) is 34.8 Å². The average Bonchev–Trinajstić information content (AvgIpc) is 2.98. The molecule has 1 heterocycles. The summed E-state index contributed by atoms with van der Waals surface area (Å²) in [6, 6.07) is 14.5. The van der Waals surface area contributed by atoms with E-state index in [0.29, 0.717) is 29.3 Å². The van der Waals surface area contributed by atoms with Crippen LogP contribution in [0.5, 0.6) is 0 Å². The molecule has 214 valence electrons. The number of ether oxygens (including phenoxy) is 1. The number of hydrogen-bond acceptors (Lipinski definition) is 7. The normalized spacial score (nSPS) is 20.6. The highest BCUT2D eigenvalue weighted by Crippen LogP contribution is 2.36. The molecule has 0 radical (unpaired) electrons. The van der Waals surface area contributed by atoms with Crippen LogP contribution in [-0.4, -0.2) is 35.8 Å². The van der Waals surface area contributed by atoms with Crippen molar-refractivity contribution >= 4 is 23.2 Å². The minimum Gasteiger partial charge on any atom is -0.504 e. The minimum atomic E-state index is -0.452. The quantitative estimate of drug-likeness (QED) is 0.263. The van der Waals surface area contributed by atoms with Crippen LogP contribution in [0.2, 0.25) is 0 Å². The smallest absolute Gasteiger partial charge is 0.255 e. The van der Waals surface area contributed by atoms with Crippen LogP contribution in [0.15, 0.2) is 102 Å². The van der Waals surface area contributed by atoms with E-state index < -0.39 is 5.41 Å². The predicted octanol–water partition coefficient (Wildman–Crippen LogP) is 5.01. The van der Waals surface area contributed by atoms with Gasteiger partial charge in [-0.05, 0) is 73.9 Å². The second-order valence-corrected chi connectivity index (χ2v) is 10.4. The Morgan fingerprint density at radius 3 is 2.73 bits per heavy atom. The molecule has 3 atom stereocenters. The van der Waals surface area contributed by atoms with Crippen molar-refractivity contribution < 1.29 is 19.4 Å². The third kappa shape index (κ3) is 7.05. The van der Waals surface area contributed by atoms with Gasteiger partial charge < -0.3 is 31.1 Å². The molecule has 2 aromatic carbocycles. The van der Waals surface area contributed by atoms with Gasteiger partial charge in [-0.1, -0.05) is 37.8 Å². The lowest BCUT2D eigenvalue weighted by molar-refractivity contribution is -0.116. The van der Waals surface area contributed by atoms with Gasteiger partial charge in [0.2, 0.25) is 5.91 Å². The lowest BCUT2D eigenvalue weighted by Gasteiger charge is -2.36. The number of rotatable bonds is 10. The first kappa shape index (κ1) is 29.2. The van der Waals surface area contributed by atoms with Gasteiger partial charge in [0.15, 0.2) is 11.5 Å². The Hall–Kier alpha value is -4.79. The van der Waals surface area contributed by atoms with Gasteiger partial charge in [0, 0.05) is 29.4 Å². The molecule has 0 saturated heterocycles. The van der Waals surface area contributed by atoms with Crippen molar-refractivity contribution in [3.05, 3.63) is 114 Å². The van der Waals surface area contributed by atoms with Gasteiger partial charge >= 0.3 is 0 Å². The molecule has 0 aromatic heterocycles. The maximum Gasteiger partial charge on any atom is 0.255 e. The first-order valence-electron chi connectivity index (χ1n) is 13.5. The summed E-state index contributed by atoms with van der Waals surface area (Å²) in [6.45, 7) is 9.90. The number of aliphatic hydroxyl groups excluding tert-OH is 1. The molecule has 2 aliphatic rings. The largest absolute Gasteiger partial charge is 0.504 e. The van der Waals surface area contributed by atoms with Crippen molar-refractivity contribution in [2.75, 3.05) is 12.4 Å². The van der Waals surface area contributed by atoms with Gasteiger partial charge in [-0.25, -0.2) is 4.99 Å². The van der Waals surface area contributed by atoms with E-state index in [1.807, 2.05) is 62.5 Å². The number of nitrogens with zero attached hydrogens (tertiary/aromatic N) is 1. The Labute approximate surface area is 240 Å². The summed E-state index contributed by atoms with van der Waals surface area (Å²) < 4.78 is 5.37. The van der Waals surface area contributed by atoms with Crippen molar-refractivity contribution in [1.82, 2.24) is 16.0 Å². The first-order valence-corrected chi connectivity index (χ1v) is 13.5. The SMILES string of the molecule is C=CC(=O)NCc1cc(NC(=O)c2ccccc2)cc([C@H](C)NC2=CNC(C)C(C3(C)C=C(OC)C(O)=CC3)=N2)c1. The molecule has 2 amide bonds. The summed E-state index contributed by atoms with van der Waals surface area (Å²) in [5.74, 6) is 0.700. The lowest BCUT2D eigenvalue weighted by Crippen LogP contribution is -2.44. The molecule has 9 heteroatoms. The molecule has 0 fully saturated rings. The van der Waals surface area contributed by atoms with Crippen LogP contribution in [0.1, 0.15) is 54.7 Å². The molecule has 41 heavy (non-hydrogen) atoms. The summed E-state index contributed by atoms with van der Waals surface area (Å²) in [5, 5.41) is 22.8. The molecule has 0 saturated carbocycles. The fraction of sp³-hybridized carbons (Fsp3) is 0.281. The Kier molecular flexibility index (Phi) is 8.97. The van der Waals surface area contributed by atoms with E-state index in [4.69, 9.17) is 9.73 Å². The molecule has 1 aliphatic heterocycles. The number of amides is 2. The van der Waals surface area contributed by atoms with Gasteiger partial charge in [-0.15, -0.1) is 0 Å². The number of methoxy groups -OCH3 is 1. The van der Waals surface area contributed by atoms with Crippen LogP contribution >= 0.6 is 0 Å². The number of aliphatic hydroxyl groups is 1. The standard InChI is InChI=1S/C32H37N5O4/c1-6-29(39)34-18-22-14-24(16-25(15-22)36-31(40)23-10-8-7-9-11-23)20(2)35-28-19-33-21(3)30(37-28)32(4)13-12-26(38)27(17-32)41-5/h6-12,14-17,19-21,33,35,38H,1,13,18H2,2-5H3,(H,34,39)(H,36,40)/t20-,21?,32?/m0/s1. The molecule has 2 aromatic rings. The predicted molar refractivity (Wildman–Crippen MR) is 161 cm³/mol. The third-order valence-corrected chi connectivity index (χ3v) is 7.17. The third-order valence-electron chi connectivity index (χ3n) is 7.17. The maximum absolute atomic E-state index is 12.9. The van der Waals surface area contributed by atoms with Gasteiger partial charge in [-0.2, -0.15) is 0 Å². The van der Waals surface area contributed by atoms with E-state index in [1.165, 1.54) is 13.2 Å². The molecule has 2 unspecified atom stereocenters. The van der Waals surface area contributed by atoms with Crippen LogP contribution in [0.25, 0.3) is 0 Å². The van der Waals surface area contributed by atoms with Gasteiger partial charge in [0.1, 0.15) is 5.82 Å². The van der Waals surface area contributed by atoms with E-state index >= 15 is 0 Å². The summed E-state index contributed by atoms with van der Waals surface area (Å²) in [7, 11) is 1.54. The molecular formula is C32H37N5O4. The lowest BCUT2D eigenvalue weighted by atomic mass is 9.75. The Morgan fingerprint density at radius 2 is 2.02 bits per heavy atom. The molecule has 9 nitrogen and oxygen atoms in total. The fourth-order valence-electron chi connectivity index (χ4n) is 4.91. The number of benzene rings is 2. The van der Waals surface area contributed by atoms with Crippen LogP contribution in [0, 0.1) is 5.41 Å².